The van der Waals surface area contributed by atoms with E-state index in [9.17, 15) is 44.4 Å². The highest BCUT2D eigenvalue weighted by Crippen LogP contribution is 2.57. The van der Waals surface area contributed by atoms with E-state index in [0.29, 0.717) is 0 Å². The quantitative estimate of drug-likeness (QED) is 0.197. The van der Waals surface area contributed by atoms with Crippen LogP contribution < -0.4 is 0 Å². The average Bonchev–Trinajstić information content (AvgIpc) is 3.16. The van der Waals surface area contributed by atoms with Gasteiger partial charge in [-0.3, -0.25) is 19.2 Å². The summed E-state index contributed by atoms with van der Waals surface area (Å²) >= 11 is 0. The van der Waals surface area contributed by atoms with Crippen LogP contribution in [0.15, 0.2) is 23.8 Å². The summed E-state index contributed by atoms with van der Waals surface area (Å²) in [7, 11) is 0. The van der Waals surface area contributed by atoms with Crippen molar-refractivity contribution in [3.63, 3.8) is 0 Å². The summed E-state index contributed by atoms with van der Waals surface area (Å²) < 4.78 is 27.8. The van der Waals surface area contributed by atoms with Crippen molar-refractivity contribution in [1.29, 1.82) is 0 Å². The second-order valence-electron chi connectivity index (χ2n) is 12.7. The van der Waals surface area contributed by atoms with Crippen LogP contribution in [0.25, 0.3) is 0 Å². The third kappa shape index (κ3) is 7.24. The van der Waals surface area contributed by atoms with E-state index in [1.165, 1.54) is 32.1 Å². The summed E-state index contributed by atoms with van der Waals surface area (Å²) in [5.41, 5.74) is -6.27. The molecule has 0 bridgehead atoms. The summed E-state index contributed by atoms with van der Waals surface area (Å²) in [5.74, 6) is -7.21. The smallest absolute Gasteiger partial charge is 0.344 e. The maximum atomic E-state index is 13.2. The lowest BCUT2D eigenvalue weighted by molar-refractivity contribution is -0.271. The van der Waals surface area contributed by atoms with Gasteiger partial charge >= 0.3 is 29.8 Å². The van der Waals surface area contributed by atoms with Gasteiger partial charge in [0.1, 0.15) is 18.3 Å². The van der Waals surface area contributed by atoms with Gasteiger partial charge in [-0.2, -0.15) is 0 Å². The molecule has 2 fully saturated rings. The summed E-state index contributed by atoms with van der Waals surface area (Å²) in [5, 5.41) is 45.2. The van der Waals surface area contributed by atoms with Crippen LogP contribution in [-0.4, -0.2) is 106 Å². The lowest BCUT2D eigenvalue weighted by Gasteiger charge is -2.59. The first-order valence-corrected chi connectivity index (χ1v) is 14.9. The Balaban J connectivity index is 2.31. The number of aliphatic hydroxyl groups is 4. The van der Waals surface area contributed by atoms with Crippen LogP contribution in [0.1, 0.15) is 60.8 Å². The summed E-state index contributed by atoms with van der Waals surface area (Å²) in [6.07, 6.45) is -2.35. The number of ether oxygens (including phenoxy) is 5. The van der Waals surface area contributed by atoms with Gasteiger partial charge in [0.25, 0.3) is 0 Å². The number of aliphatic hydroxyl groups excluding tert-OH is 2. The highest BCUT2D eigenvalue weighted by molar-refractivity contribution is 5.78. The molecule has 1 saturated carbocycles. The van der Waals surface area contributed by atoms with Crippen LogP contribution in [0.3, 0.4) is 0 Å². The number of rotatable bonds is 9. The Kier molecular flexibility index (Phi) is 11.2. The number of fused-ring (bicyclic) bond motifs is 2. The maximum absolute atomic E-state index is 13.2. The third-order valence-corrected chi connectivity index (χ3v) is 8.99. The predicted molar refractivity (Wildman–Crippen MR) is 153 cm³/mol. The SMILES string of the molecule is CC(=O)O[C@H]1CC[C@](O)(CO)[C@@H]2[C@H](OC(C)=O)[C@@]3(O)[C@H](/C=C(CO)\C=C/[C@H](OC(=O)COC(=O)CC(C)C)[C@@]12C)OC(=O)[C@@H]3C. The highest BCUT2D eigenvalue weighted by Gasteiger charge is 2.71. The second-order valence-corrected chi connectivity index (χ2v) is 12.7. The first-order chi connectivity index (χ1) is 20.9. The molecule has 1 aliphatic heterocycles. The van der Waals surface area contributed by atoms with E-state index >= 15 is 0 Å². The molecule has 14 heteroatoms. The van der Waals surface area contributed by atoms with Gasteiger partial charge in [0.15, 0.2) is 18.3 Å². The minimum absolute atomic E-state index is 0.0392. The van der Waals surface area contributed by atoms with Crippen LogP contribution in [-0.2, 0) is 47.7 Å². The molecule has 0 amide bonds. The molecule has 0 unspecified atom stereocenters. The minimum atomic E-state index is -2.40. The molecule has 2 aliphatic carbocycles. The van der Waals surface area contributed by atoms with Crippen molar-refractivity contribution >= 4 is 29.8 Å². The lowest BCUT2D eigenvalue weighted by Crippen LogP contribution is -2.72. The molecular weight excluding hydrogens is 596 g/mol. The molecule has 3 aliphatic rings. The van der Waals surface area contributed by atoms with Crippen LogP contribution in [0, 0.1) is 23.2 Å². The molecule has 0 aromatic rings. The van der Waals surface area contributed by atoms with Gasteiger partial charge < -0.3 is 44.1 Å². The number of carbonyl (C=O) groups excluding carboxylic acids is 5. The predicted octanol–water partition coefficient (Wildman–Crippen LogP) is 0.272. The van der Waals surface area contributed by atoms with Crippen LogP contribution in [0.2, 0.25) is 0 Å². The van der Waals surface area contributed by atoms with Gasteiger partial charge in [0.2, 0.25) is 0 Å². The third-order valence-electron chi connectivity index (χ3n) is 8.99. The topological polar surface area (TPSA) is 212 Å². The number of carbonyl (C=O) groups is 5. The molecule has 3 rings (SSSR count). The average molecular weight is 641 g/mol. The van der Waals surface area contributed by atoms with Crippen molar-refractivity contribution in [3.8, 4) is 0 Å². The Morgan fingerprint density at radius 3 is 2.24 bits per heavy atom. The first kappa shape index (κ1) is 36.1. The standard InChI is InChI=1S/C31H44O14/c1-16(2)11-24(36)41-14-25(37)44-21-8-7-20(13-32)12-23-31(40,17(3)28(38)45-23)27(43-19(5)35)26-29(21,6)22(42-18(4)34)9-10-30(26,39)15-33/h7-8,12,16-17,21-23,26-27,32-33,39-40H,9-11,13-15H2,1-6H3/b8-7-,20-12+/t17-,21-,22-,23-,26+,27-,29-,30-,31-/m0/s1. The van der Waals surface area contributed by atoms with E-state index in [1.54, 1.807) is 13.8 Å². The molecule has 1 heterocycles. The van der Waals surface area contributed by atoms with Gasteiger partial charge in [-0.05, 0) is 43.4 Å². The second kappa shape index (κ2) is 14.0. The Hall–Kier alpha value is -3.33. The number of hydrogen-bond donors (Lipinski definition) is 4. The number of hydrogen-bond acceptors (Lipinski definition) is 14. The minimum Gasteiger partial charge on any atom is -0.462 e. The van der Waals surface area contributed by atoms with Crippen LogP contribution in [0.4, 0.5) is 0 Å². The van der Waals surface area contributed by atoms with E-state index in [-0.39, 0.29) is 30.8 Å². The Bertz CT molecular complexity index is 1220. The zero-order valence-electron chi connectivity index (χ0n) is 26.4. The van der Waals surface area contributed by atoms with Crippen molar-refractivity contribution in [2.24, 2.45) is 23.2 Å². The van der Waals surface area contributed by atoms with Gasteiger partial charge in [-0.1, -0.05) is 26.8 Å². The molecule has 0 radical (unpaired) electrons. The van der Waals surface area contributed by atoms with Gasteiger partial charge in [-0.15, -0.1) is 0 Å². The van der Waals surface area contributed by atoms with Crippen LogP contribution >= 0.6 is 0 Å². The molecule has 9 atom stereocenters. The monoisotopic (exact) mass is 640 g/mol. The lowest BCUT2D eigenvalue weighted by atomic mass is 9.52. The van der Waals surface area contributed by atoms with Crippen LogP contribution in [0.5, 0.6) is 0 Å². The van der Waals surface area contributed by atoms with E-state index in [2.05, 4.69) is 0 Å². The molecule has 45 heavy (non-hydrogen) atoms. The zero-order valence-corrected chi connectivity index (χ0v) is 26.4. The van der Waals surface area contributed by atoms with E-state index in [1.807, 2.05) is 0 Å². The van der Waals surface area contributed by atoms with E-state index < -0.39 is 103 Å². The van der Waals surface area contributed by atoms with Gasteiger partial charge in [0, 0.05) is 26.2 Å². The Labute approximate surface area is 261 Å². The van der Waals surface area contributed by atoms with Crippen molar-refractivity contribution in [3.05, 3.63) is 23.8 Å². The summed E-state index contributed by atoms with van der Waals surface area (Å²) in [6, 6.07) is 0. The zero-order chi connectivity index (χ0) is 33.9. The molecule has 0 aromatic heterocycles. The fraction of sp³-hybridized carbons (Fsp3) is 0.710. The molecular formula is C31H44O14. The van der Waals surface area contributed by atoms with Crippen molar-refractivity contribution in [2.75, 3.05) is 19.8 Å². The highest BCUT2D eigenvalue weighted by atomic mass is 16.6. The molecule has 252 valence electrons. The molecule has 0 aromatic carbocycles. The van der Waals surface area contributed by atoms with Crippen molar-refractivity contribution < 1.29 is 68.1 Å². The number of esters is 5. The van der Waals surface area contributed by atoms with E-state index in [4.69, 9.17) is 23.7 Å². The van der Waals surface area contributed by atoms with Crippen molar-refractivity contribution in [2.45, 2.75) is 96.4 Å². The molecule has 14 nitrogen and oxygen atoms in total. The van der Waals surface area contributed by atoms with Crippen molar-refractivity contribution in [1.82, 2.24) is 0 Å². The Morgan fingerprint density at radius 1 is 1.04 bits per heavy atom. The summed E-state index contributed by atoms with van der Waals surface area (Å²) in [4.78, 5) is 63.2. The van der Waals surface area contributed by atoms with Gasteiger partial charge in [0.05, 0.1) is 30.1 Å². The molecule has 1 saturated heterocycles. The Morgan fingerprint density at radius 2 is 1.69 bits per heavy atom. The van der Waals surface area contributed by atoms with E-state index in [0.717, 1.165) is 13.8 Å². The molecule has 4 N–H and O–H groups in total. The first-order valence-electron chi connectivity index (χ1n) is 14.9. The maximum Gasteiger partial charge on any atom is 0.344 e. The normalized spacial score (nSPS) is 38.0. The fourth-order valence-corrected chi connectivity index (χ4v) is 6.75. The molecule has 0 spiro atoms. The largest absolute Gasteiger partial charge is 0.462 e. The summed E-state index contributed by atoms with van der Waals surface area (Å²) in [6.45, 7) is 6.20. The van der Waals surface area contributed by atoms with Gasteiger partial charge in [-0.25, -0.2) is 4.79 Å². The fourth-order valence-electron chi connectivity index (χ4n) is 6.75.